The Morgan fingerprint density at radius 2 is 0.966 bits per heavy atom. The molecule has 0 fully saturated rings. The fourth-order valence-corrected chi connectivity index (χ4v) is 4.72. The largest absolute Gasteiger partial charge is 1.00 e. The molecule has 6 heteroatoms. The van der Waals surface area contributed by atoms with Crippen LogP contribution in [0.4, 0.5) is 0 Å². The van der Waals surface area contributed by atoms with Crippen LogP contribution in [0.3, 0.4) is 0 Å². The molecule has 0 saturated carbocycles. The molecule has 0 aliphatic heterocycles. The molecule has 170 valence electrons. The first-order valence-electron chi connectivity index (χ1n) is 12.0. The second kappa shape index (κ2) is 22.1. The molecule has 0 saturated heterocycles. The molecule has 4 nitrogen and oxygen atoms in total. The molecule has 0 amide bonds. The van der Waals surface area contributed by atoms with E-state index in [1.54, 1.807) is 0 Å². The zero-order valence-corrected chi connectivity index (χ0v) is 22.5. The summed E-state index contributed by atoms with van der Waals surface area (Å²) in [7, 11) is -4.15. The van der Waals surface area contributed by atoms with E-state index in [1.807, 2.05) is 6.92 Å². The maximum Gasteiger partial charge on any atom is 1.00 e. The van der Waals surface area contributed by atoms with Crippen LogP contribution in [0.25, 0.3) is 0 Å². The van der Waals surface area contributed by atoms with Crippen LogP contribution in [-0.2, 0) is 10.1 Å². The second-order valence-electron chi connectivity index (χ2n) is 8.52. The van der Waals surface area contributed by atoms with E-state index in [4.69, 9.17) is 0 Å². The Labute approximate surface area is 204 Å². The summed E-state index contributed by atoms with van der Waals surface area (Å²) in [5.74, 6) is 0. The van der Waals surface area contributed by atoms with Crippen molar-refractivity contribution in [3.63, 3.8) is 0 Å². The van der Waals surface area contributed by atoms with E-state index in [1.165, 1.54) is 44.9 Å². The molecule has 2 unspecified atom stereocenters. The van der Waals surface area contributed by atoms with Gasteiger partial charge in [0.1, 0.15) is 0 Å². The van der Waals surface area contributed by atoms with Gasteiger partial charge in [-0.1, -0.05) is 110 Å². The van der Waals surface area contributed by atoms with Crippen LogP contribution in [0.1, 0.15) is 136 Å². The van der Waals surface area contributed by atoms with Gasteiger partial charge in [0.25, 0.3) is 0 Å². The normalized spacial score (nSPS) is 13.8. The Morgan fingerprint density at radius 3 is 1.38 bits per heavy atom. The van der Waals surface area contributed by atoms with E-state index < -0.39 is 15.4 Å². The van der Waals surface area contributed by atoms with Crippen LogP contribution in [-0.4, -0.2) is 29.4 Å². The zero-order chi connectivity index (χ0) is 21.1. The molecule has 0 aliphatic rings. The number of hydrogen-bond donors (Lipinski definition) is 1. The monoisotopic (exact) mass is 442 g/mol. The van der Waals surface area contributed by atoms with Crippen molar-refractivity contribution in [3.05, 3.63) is 0 Å². The topological polar surface area (TPSA) is 77.4 Å². The molecule has 0 heterocycles. The van der Waals surface area contributed by atoms with Gasteiger partial charge in [0.15, 0.2) is 0 Å². The van der Waals surface area contributed by atoms with Gasteiger partial charge in [0, 0.05) is 5.25 Å². The summed E-state index contributed by atoms with van der Waals surface area (Å²) in [6.07, 6.45) is 19.8. The first kappa shape index (κ1) is 32.1. The van der Waals surface area contributed by atoms with E-state index in [0.29, 0.717) is 12.8 Å². The summed E-state index contributed by atoms with van der Waals surface area (Å²) in [5.41, 5.74) is 0. The SMILES string of the molecule is CCCCCCCCCCC(O)CCCCCCCC(CCCC)S(=O)(=O)[O-].[Na+]. The minimum Gasteiger partial charge on any atom is -0.748 e. The van der Waals surface area contributed by atoms with Crippen LogP contribution in [0, 0.1) is 0 Å². The second-order valence-corrected chi connectivity index (χ2v) is 10.2. The van der Waals surface area contributed by atoms with Crippen LogP contribution in [0.2, 0.25) is 0 Å². The van der Waals surface area contributed by atoms with Crippen LogP contribution in [0.5, 0.6) is 0 Å². The van der Waals surface area contributed by atoms with Gasteiger partial charge in [-0.15, -0.1) is 0 Å². The van der Waals surface area contributed by atoms with Gasteiger partial charge in [-0.2, -0.15) is 0 Å². The molecule has 0 bridgehead atoms. The smallest absolute Gasteiger partial charge is 0.748 e. The standard InChI is InChI=1S/C23H48O4S.Na/c1-3-5-7-8-9-10-12-15-18-22(24)19-16-13-11-14-17-21-23(20-6-4-2)28(25,26)27;/h22-24H,3-21H2,1-2H3,(H,25,26,27);/q;+1/p-1. The van der Waals surface area contributed by atoms with Crippen LogP contribution >= 0.6 is 0 Å². The van der Waals surface area contributed by atoms with Crippen LogP contribution in [0.15, 0.2) is 0 Å². The third kappa shape index (κ3) is 21.9. The average molecular weight is 443 g/mol. The van der Waals surface area contributed by atoms with Crippen molar-refractivity contribution >= 4 is 10.1 Å². The number of unbranched alkanes of at least 4 members (excludes halogenated alkanes) is 12. The van der Waals surface area contributed by atoms with Crippen molar-refractivity contribution in [3.8, 4) is 0 Å². The van der Waals surface area contributed by atoms with Gasteiger partial charge in [0.05, 0.1) is 16.2 Å². The van der Waals surface area contributed by atoms with E-state index in [9.17, 15) is 18.1 Å². The minimum absolute atomic E-state index is 0. The van der Waals surface area contributed by atoms with Crippen molar-refractivity contribution in [2.75, 3.05) is 0 Å². The fourth-order valence-electron chi connectivity index (χ4n) is 3.81. The molecule has 0 aliphatic carbocycles. The molecule has 0 aromatic heterocycles. The maximum absolute atomic E-state index is 11.3. The molecule has 2 atom stereocenters. The Hall–Kier alpha value is 0.870. The first-order chi connectivity index (χ1) is 13.4. The Balaban J connectivity index is 0. The molecule has 0 rings (SSSR count). The molecule has 29 heavy (non-hydrogen) atoms. The number of hydrogen-bond acceptors (Lipinski definition) is 4. The van der Waals surface area contributed by atoms with E-state index >= 15 is 0 Å². The summed E-state index contributed by atoms with van der Waals surface area (Å²) in [4.78, 5) is 0. The minimum atomic E-state index is -4.15. The molecule has 0 aromatic rings. The predicted octanol–water partition coefficient (Wildman–Crippen LogP) is 3.72. The summed E-state index contributed by atoms with van der Waals surface area (Å²) >= 11 is 0. The molecule has 1 N–H and O–H groups in total. The quantitative estimate of drug-likeness (QED) is 0.167. The van der Waals surface area contributed by atoms with Gasteiger partial charge in [-0.3, -0.25) is 0 Å². The van der Waals surface area contributed by atoms with Crippen molar-refractivity contribution < 1.29 is 47.6 Å². The Bertz CT molecular complexity index is 429. The van der Waals surface area contributed by atoms with E-state index in [2.05, 4.69) is 6.92 Å². The number of rotatable bonds is 21. The molecular formula is C23H47NaO4S. The van der Waals surface area contributed by atoms with Gasteiger partial charge >= 0.3 is 29.6 Å². The van der Waals surface area contributed by atoms with E-state index in [0.717, 1.165) is 64.2 Å². The zero-order valence-electron chi connectivity index (χ0n) is 19.7. The Kier molecular flexibility index (Phi) is 24.4. The third-order valence-corrected chi connectivity index (χ3v) is 7.03. The van der Waals surface area contributed by atoms with E-state index in [-0.39, 0.29) is 35.7 Å². The van der Waals surface area contributed by atoms with Crippen molar-refractivity contribution in [1.29, 1.82) is 0 Å². The predicted molar refractivity (Wildman–Crippen MR) is 119 cm³/mol. The summed E-state index contributed by atoms with van der Waals surface area (Å²) in [6, 6.07) is 0. The molecule has 0 aromatic carbocycles. The fraction of sp³-hybridized carbons (Fsp3) is 1.00. The van der Waals surface area contributed by atoms with Crippen molar-refractivity contribution in [2.24, 2.45) is 0 Å². The summed E-state index contributed by atoms with van der Waals surface area (Å²) in [5, 5.41) is 9.37. The first-order valence-corrected chi connectivity index (χ1v) is 13.5. The van der Waals surface area contributed by atoms with Crippen molar-refractivity contribution in [1.82, 2.24) is 0 Å². The molecule has 0 spiro atoms. The molecule has 0 radical (unpaired) electrons. The molecular weight excluding hydrogens is 395 g/mol. The third-order valence-electron chi connectivity index (χ3n) is 5.74. The van der Waals surface area contributed by atoms with Gasteiger partial charge < -0.3 is 9.66 Å². The maximum atomic E-state index is 11.3. The number of aliphatic hydroxyl groups is 1. The van der Waals surface area contributed by atoms with Gasteiger partial charge in [-0.05, 0) is 25.7 Å². The van der Waals surface area contributed by atoms with Gasteiger partial charge in [0.2, 0.25) is 0 Å². The number of aliphatic hydroxyl groups excluding tert-OH is 1. The van der Waals surface area contributed by atoms with Crippen molar-refractivity contribution in [2.45, 2.75) is 147 Å². The van der Waals surface area contributed by atoms with Gasteiger partial charge in [-0.25, -0.2) is 8.42 Å². The Morgan fingerprint density at radius 1 is 0.621 bits per heavy atom. The summed E-state index contributed by atoms with van der Waals surface area (Å²) in [6.45, 7) is 4.25. The summed E-state index contributed by atoms with van der Waals surface area (Å²) < 4.78 is 33.8. The average Bonchev–Trinajstić information content (AvgIpc) is 2.64. The van der Waals surface area contributed by atoms with Crippen LogP contribution < -0.4 is 29.6 Å².